The highest BCUT2D eigenvalue weighted by Crippen LogP contribution is 2.42. The molecule has 3 nitrogen and oxygen atoms in total. The van der Waals surface area contributed by atoms with Crippen molar-refractivity contribution in [1.29, 1.82) is 0 Å². The van der Waals surface area contributed by atoms with Crippen LogP contribution in [0, 0.1) is 0 Å². The van der Waals surface area contributed by atoms with Gasteiger partial charge >= 0.3 is 0 Å². The van der Waals surface area contributed by atoms with Gasteiger partial charge < -0.3 is 4.42 Å². The number of nitrogens with zero attached hydrogens (tertiary/aromatic N) is 2. The van der Waals surface area contributed by atoms with Crippen molar-refractivity contribution < 1.29 is 4.42 Å². The van der Waals surface area contributed by atoms with Gasteiger partial charge in [0.1, 0.15) is 16.0 Å². The Labute approximate surface area is 255 Å². The zero-order valence-electron chi connectivity index (χ0n) is 23.4. The largest absolute Gasteiger partial charge is 0.455 e. The van der Waals surface area contributed by atoms with Gasteiger partial charge in [0.05, 0.1) is 5.69 Å². The highest BCUT2D eigenvalue weighted by atomic mass is 32.1. The molecule has 0 spiro atoms. The Morgan fingerprint density at radius 1 is 0.477 bits per heavy atom. The summed E-state index contributed by atoms with van der Waals surface area (Å²) >= 11 is 1.73. The van der Waals surface area contributed by atoms with Gasteiger partial charge in [0.15, 0.2) is 5.82 Å². The number of thiophene rings is 1. The van der Waals surface area contributed by atoms with Gasteiger partial charge in [-0.05, 0) is 63.3 Å². The predicted octanol–water partition coefficient (Wildman–Crippen LogP) is 11.5. The Morgan fingerprint density at radius 3 is 2.07 bits per heavy atom. The van der Waals surface area contributed by atoms with Crippen LogP contribution in [0.1, 0.15) is 0 Å². The summed E-state index contributed by atoms with van der Waals surface area (Å²) < 4.78 is 7.84. The zero-order valence-corrected chi connectivity index (χ0v) is 24.2. The fourth-order valence-corrected chi connectivity index (χ4v) is 7.86. The van der Waals surface area contributed by atoms with Crippen LogP contribution in [0.5, 0.6) is 0 Å². The first-order valence-electron chi connectivity index (χ1n) is 14.7. The summed E-state index contributed by atoms with van der Waals surface area (Å²) in [6, 6.07) is 47.2. The third-order valence-electron chi connectivity index (χ3n) is 8.87. The van der Waals surface area contributed by atoms with Gasteiger partial charge in [-0.25, -0.2) is 9.97 Å². The summed E-state index contributed by atoms with van der Waals surface area (Å²) in [5.41, 5.74) is 4.73. The molecule has 10 aromatic rings. The molecular formula is C40H22N2OS. The number of furan rings is 1. The van der Waals surface area contributed by atoms with Crippen molar-refractivity contribution in [3.63, 3.8) is 0 Å². The first kappa shape index (κ1) is 23.9. The molecule has 3 heterocycles. The van der Waals surface area contributed by atoms with E-state index in [1.54, 1.807) is 11.3 Å². The molecule has 0 bridgehead atoms. The lowest BCUT2D eigenvalue weighted by Gasteiger charge is -2.08. The van der Waals surface area contributed by atoms with Gasteiger partial charge in [-0.3, -0.25) is 0 Å². The van der Waals surface area contributed by atoms with E-state index in [0.717, 1.165) is 54.4 Å². The van der Waals surface area contributed by atoms with Crippen LogP contribution in [-0.4, -0.2) is 9.97 Å². The number of hydrogen-bond donors (Lipinski definition) is 0. The van der Waals surface area contributed by atoms with Gasteiger partial charge in [0.2, 0.25) is 0 Å². The maximum absolute atomic E-state index is 6.62. The van der Waals surface area contributed by atoms with Gasteiger partial charge in [0, 0.05) is 42.8 Å². The van der Waals surface area contributed by atoms with Crippen molar-refractivity contribution >= 4 is 85.9 Å². The fourth-order valence-electron chi connectivity index (χ4n) is 6.76. The minimum Gasteiger partial charge on any atom is -0.455 e. The van der Waals surface area contributed by atoms with Crippen molar-refractivity contribution in [2.24, 2.45) is 0 Å². The number of hydrogen-bond acceptors (Lipinski definition) is 4. The summed E-state index contributed by atoms with van der Waals surface area (Å²) in [5, 5.41) is 11.8. The Kier molecular flexibility index (Phi) is 4.87. The molecule has 44 heavy (non-hydrogen) atoms. The smallest absolute Gasteiger partial charge is 0.161 e. The highest BCUT2D eigenvalue weighted by Gasteiger charge is 2.19. The second-order valence-electron chi connectivity index (χ2n) is 11.4. The molecule has 10 rings (SSSR count). The van der Waals surface area contributed by atoms with Crippen LogP contribution in [0.25, 0.3) is 97.2 Å². The van der Waals surface area contributed by atoms with Crippen molar-refractivity contribution in [2.45, 2.75) is 0 Å². The molecule has 0 aliphatic heterocycles. The molecule has 0 saturated heterocycles. The molecule has 0 radical (unpaired) electrons. The van der Waals surface area contributed by atoms with E-state index in [-0.39, 0.29) is 0 Å². The molecule has 0 unspecified atom stereocenters. The SMILES string of the molecule is c1ccc(-c2nc(-c3ccc4c(c3)oc3c4ccc4c5ccccc5ccc43)nc3sc4cc5ccccc5cc4c23)cc1. The van der Waals surface area contributed by atoms with Crippen molar-refractivity contribution in [3.8, 4) is 22.6 Å². The van der Waals surface area contributed by atoms with Crippen LogP contribution in [0.4, 0.5) is 0 Å². The maximum atomic E-state index is 6.62. The average Bonchev–Trinajstić information content (AvgIpc) is 3.64. The zero-order chi connectivity index (χ0) is 28.8. The topological polar surface area (TPSA) is 38.9 Å². The molecule has 0 amide bonds. The standard InChI is InChI=1S/C40H22N2OS/c1-2-9-24(10-3-1)37-36-33-20-25-11-4-5-12-26(25)22-35(33)44-40(36)42-39(41-37)27-15-16-30-32-19-18-29-28-13-7-6-8-23(28)14-17-31(29)38(32)43-34(30)21-27/h1-22H. The third kappa shape index (κ3) is 3.43. The Bertz CT molecular complexity index is 2770. The van der Waals surface area contributed by atoms with E-state index < -0.39 is 0 Å². The number of fused-ring (bicyclic) bond motifs is 11. The molecule has 0 aliphatic rings. The van der Waals surface area contributed by atoms with Gasteiger partial charge in [-0.1, -0.05) is 97.1 Å². The molecule has 0 aliphatic carbocycles. The first-order valence-corrected chi connectivity index (χ1v) is 15.6. The molecule has 0 fully saturated rings. The lowest BCUT2D eigenvalue weighted by molar-refractivity contribution is 0.673. The minimum absolute atomic E-state index is 0.700. The first-order chi connectivity index (χ1) is 21.8. The minimum atomic E-state index is 0.700. The molecule has 0 atom stereocenters. The monoisotopic (exact) mass is 578 g/mol. The van der Waals surface area contributed by atoms with Crippen LogP contribution in [0.2, 0.25) is 0 Å². The fraction of sp³-hybridized carbons (Fsp3) is 0. The third-order valence-corrected chi connectivity index (χ3v) is 9.91. The van der Waals surface area contributed by atoms with Crippen LogP contribution in [0.3, 0.4) is 0 Å². The Morgan fingerprint density at radius 2 is 1.18 bits per heavy atom. The molecule has 204 valence electrons. The molecule has 4 heteroatoms. The van der Waals surface area contributed by atoms with Crippen molar-refractivity contribution in [1.82, 2.24) is 9.97 Å². The normalized spacial score (nSPS) is 12.1. The molecule has 3 aromatic heterocycles. The van der Waals surface area contributed by atoms with Crippen molar-refractivity contribution in [3.05, 3.63) is 133 Å². The van der Waals surface area contributed by atoms with Gasteiger partial charge in [-0.2, -0.15) is 0 Å². The summed E-state index contributed by atoms with van der Waals surface area (Å²) in [4.78, 5) is 11.4. The summed E-state index contributed by atoms with van der Waals surface area (Å²) in [5.74, 6) is 0.700. The maximum Gasteiger partial charge on any atom is 0.161 e. The Balaban J connectivity index is 1.22. The Hall–Kier alpha value is -5.58. The lowest BCUT2D eigenvalue weighted by Crippen LogP contribution is -1.93. The van der Waals surface area contributed by atoms with Gasteiger partial charge in [0.25, 0.3) is 0 Å². The molecular weight excluding hydrogens is 557 g/mol. The van der Waals surface area contributed by atoms with Crippen LogP contribution < -0.4 is 0 Å². The highest BCUT2D eigenvalue weighted by molar-refractivity contribution is 7.25. The van der Waals surface area contributed by atoms with Crippen LogP contribution in [0.15, 0.2) is 138 Å². The van der Waals surface area contributed by atoms with Crippen LogP contribution >= 0.6 is 11.3 Å². The second kappa shape index (κ2) is 8.96. The summed E-state index contributed by atoms with van der Waals surface area (Å²) in [7, 11) is 0. The van der Waals surface area contributed by atoms with E-state index >= 15 is 0 Å². The number of aromatic nitrogens is 2. The molecule has 0 N–H and O–H groups in total. The predicted molar refractivity (Wildman–Crippen MR) is 186 cm³/mol. The van der Waals surface area contributed by atoms with E-state index in [2.05, 4.69) is 127 Å². The van der Waals surface area contributed by atoms with E-state index in [4.69, 9.17) is 14.4 Å². The summed E-state index contributed by atoms with van der Waals surface area (Å²) in [6.07, 6.45) is 0. The quantitative estimate of drug-likeness (QED) is 0.192. The summed E-state index contributed by atoms with van der Waals surface area (Å²) in [6.45, 7) is 0. The van der Waals surface area contributed by atoms with Crippen molar-refractivity contribution in [2.75, 3.05) is 0 Å². The van der Waals surface area contributed by atoms with E-state index in [0.29, 0.717) is 5.82 Å². The number of benzene rings is 7. The van der Waals surface area contributed by atoms with Crippen LogP contribution in [-0.2, 0) is 0 Å². The number of rotatable bonds is 2. The molecule has 0 saturated carbocycles. The van der Waals surface area contributed by atoms with Gasteiger partial charge in [-0.15, -0.1) is 11.3 Å². The van der Waals surface area contributed by atoms with E-state index in [1.807, 2.05) is 6.07 Å². The van der Waals surface area contributed by atoms with E-state index in [9.17, 15) is 0 Å². The lowest BCUT2D eigenvalue weighted by atomic mass is 9.99. The average molecular weight is 579 g/mol. The molecule has 7 aromatic carbocycles. The van der Waals surface area contributed by atoms with E-state index in [1.165, 1.54) is 37.0 Å². The second-order valence-corrected chi connectivity index (χ2v) is 12.4.